The lowest BCUT2D eigenvalue weighted by Crippen LogP contribution is -2.45. The highest BCUT2D eigenvalue weighted by Gasteiger charge is 2.29. The van der Waals surface area contributed by atoms with Crippen molar-refractivity contribution in [2.75, 3.05) is 38.3 Å². The van der Waals surface area contributed by atoms with Crippen LogP contribution in [-0.4, -0.2) is 74.4 Å². The van der Waals surface area contributed by atoms with Crippen molar-refractivity contribution < 1.29 is 43.0 Å². The molecule has 2 atom stereocenters. The maximum Gasteiger partial charge on any atom is 0.312 e. The summed E-state index contributed by atoms with van der Waals surface area (Å²) in [6, 6.07) is 5.34. The van der Waals surface area contributed by atoms with Crippen LogP contribution in [0.5, 0.6) is 0 Å². The molecule has 1 aromatic rings. The molecule has 0 aliphatic rings. The van der Waals surface area contributed by atoms with Gasteiger partial charge in [0.15, 0.2) is 5.78 Å². The Morgan fingerprint density at radius 2 is 1.40 bits per heavy atom. The third-order valence-corrected chi connectivity index (χ3v) is 7.23. The first-order chi connectivity index (χ1) is 22.2. The SMILES string of the molecule is CC(C)C(=O)CCOCCOCCC(=O)N[C@H](C(=O)C[C@@H](CCCNC(N)=O)C(=O)Nc1ccc(COC(=O)C(C)C)cc1)C(C)C. The lowest BCUT2D eigenvalue weighted by atomic mass is 9.89. The Morgan fingerprint density at radius 3 is 1.96 bits per heavy atom. The van der Waals surface area contributed by atoms with Crippen LogP contribution in [0, 0.1) is 23.7 Å². The standard InChI is InChI=1S/C34H54N4O9/c1-22(2)28(39)13-16-45-18-19-46-17-14-30(41)38-31(23(3)4)29(40)20-26(8-7-15-36-34(35)44)32(42)37-27-11-9-25(10-12-27)21-47-33(43)24(5)6/h9-12,22-24,26,31H,7-8,13-21H2,1-6H3,(H,37,42)(H,38,41)(H3,35,36,44)/t26-,31+/m1/s1. The van der Waals surface area contributed by atoms with E-state index in [1.807, 2.05) is 27.7 Å². The summed E-state index contributed by atoms with van der Waals surface area (Å²) in [6.45, 7) is 12.2. The number of carbonyl (C=O) groups is 6. The summed E-state index contributed by atoms with van der Waals surface area (Å²) in [4.78, 5) is 73.8. The van der Waals surface area contributed by atoms with Crippen molar-refractivity contribution in [3.8, 4) is 0 Å². The predicted octanol–water partition coefficient (Wildman–Crippen LogP) is 3.53. The van der Waals surface area contributed by atoms with Crippen molar-refractivity contribution in [3.63, 3.8) is 0 Å². The molecule has 5 N–H and O–H groups in total. The number of hydrogen-bond donors (Lipinski definition) is 4. The van der Waals surface area contributed by atoms with Crippen molar-refractivity contribution >= 4 is 41.1 Å². The topological polar surface area (TPSA) is 192 Å². The van der Waals surface area contributed by atoms with E-state index in [1.54, 1.807) is 38.1 Å². The second-order valence-electron chi connectivity index (χ2n) is 12.4. The largest absolute Gasteiger partial charge is 0.461 e. The van der Waals surface area contributed by atoms with Gasteiger partial charge in [-0.15, -0.1) is 0 Å². The summed E-state index contributed by atoms with van der Waals surface area (Å²) in [7, 11) is 0. The van der Waals surface area contributed by atoms with Gasteiger partial charge in [0.1, 0.15) is 12.4 Å². The molecule has 0 aromatic heterocycles. The molecule has 0 saturated carbocycles. The Bertz CT molecular complexity index is 1150. The smallest absolute Gasteiger partial charge is 0.312 e. The van der Waals surface area contributed by atoms with E-state index in [9.17, 15) is 28.8 Å². The summed E-state index contributed by atoms with van der Waals surface area (Å²) >= 11 is 0. The molecule has 13 heteroatoms. The number of nitrogens with one attached hydrogen (secondary N) is 3. The number of anilines is 1. The van der Waals surface area contributed by atoms with Crippen LogP contribution >= 0.6 is 0 Å². The summed E-state index contributed by atoms with van der Waals surface area (Å²) in [5, 5.41) is 8.10. The van der Waals surface area contributed by atoms with Gasteiger partial charge < -0.3 is 35.9 Å². The zero-order valence-electron chi connectivity index (χ0n) is 28.7. The van der Waals surface area contributed by atoms with E-state index in [2.05, 4.69) is 16.0 Å². The Kier molecular flexibility index (Phi) is 19.8. The van der Waals surface area contributed by atoms with E-state index in [0.29, 0.717) is 38.2 Å². The van der Waals surface area contributed by atoms with Crippen LogP contribution in [0.4, 0.5) is 10.5 Å². The monoisotopic (exact) mass is 662 g/mol. The fourth-order valence-corrected chi connectivity index (χ4v) is 4.32. The van der Waals surface area contributed by atoms with Gasteiger partial charge in [-0.2, -0.15) is 0 Å². The molecule has 0 saturated heterocycles. The molecule has 4 amide bonds. The molecular formula is C34H54N4O9. The minimum Gasteiger partial charge on any atom is -0.461 e. The van der Waals surface area contributed by atoms with E-state index in [4.69, 9.17) is 19.9 Å². The van der Waals surface area contributed by atoms with Gasteiger partial charge in [-0.3, -0.25) is 24.0 Å². The Morgan fingerprint density at radius 1 is 0.787 bits per heavy atom. The molecule has 0 unspecified atom stereocenters. The van der Waals surface area contributed by atoms with Gasteiger partial charge in [-0.05, 0) is 36.5 Å². The molecule has 1 rings (SSSR count). The molecule has 13 nitrogen and oxygen atoms in total. The second-order valence-corrected chi connectivity index (χ2v) is 12.4. The van der Waals surface area contributed by atoms with E-state index < -0.39 is 18.0 Å². The molecular weight excluding hydrogens is 608 g/mol. The number of Topliss-reactive ketones (excluding diaryl/α,β-unsaturated/α-hetero) is 2. The number of amides is 4. The second kappa shape index (κ2) is 22.6. The van der Waals surface area contributed by atoms with Gasteiger partial charge >= 0.3 is 12.0 Å². The molecule has 0 heterocycles. The zero-order valence-corrected chi connectivity index (χ0v) is 28.7. The van der Waals surface area contributed by atoms with Crippen molar-refractivity contribution in [3.05, 3.63) is 29.8 Å². The first-order valence-electron chi connectivity index (χ1n) is 16.3. The Balaban J connectivity index is 2.70. The van der Waals surface area contributed by atoms with E-state index in [-0.39, 0.29) is 86.3 Å². The number of carbonyl (C=O) groups excluding carboxylic acids is 6. The summed E-state index contributed by atoms with van der Waals surface area (Å²) in [5.74, 6) is -2.42. The maximum atomic E-state index is 13.4. The minimum absolute atomic E-state index is 0.0254. The number of urea groups is 1. The van der Waals surface area contributed by atoms with Gasteiger partial charge in [0, 0.05) is 43.3 Å². The highest BCUT2D eigenvalue weighted by Crippen LogP contribution is 2.20. The van der Waals surface area contributed by atoms with Crippen LogP contribution in [0.25, 0.3) is 0 Å². The number of rotatable bonds is 24. The third kappa shape index (κ3) is 18.2. The van der Waals surface area contributed by atoms with Gasteiger partial charge in [0.2, 0.25) is 11.8 Å². The summed E-state index contributed by atoms with van der Waals surface area (Å²) in [5.41, 5.74) is 6.41. The number of ether oxygens (including phenoxy) is 3. The minimum atomic E-state index is -0.809. The Labute approximate surface area is 278 Å². The van der Waals surface area contributed by atoms with Gasteiger partial charge in [-0.25, -0.2) is 4.79 Å². The molecule has 1 aromatic carbocycles. The molecule has 0 bridgehead atoms. The molecule has 0 aliphatic carbocycles. The van der Waals surface area contributed by atoms with Crippen molar-refractivity contribution in [2.45, 2.75) is 86.3 Å². The lowest BCUT2D eigenvalue weighted by Gasteiger charge is -2.24. The molecule has 47 heavy (non-hydrogen) atoms. The number of primary amides is 1. The normalized spacial score (nSPS) is 12.4. The van der Waals surface area contributed by atoms with Crippen LogP contribution in [0.3, 0.4) is 0 Å². The highest BCUT2D eigenvalue weighted by molar-refractivity contribution is 5.97. The van der Waals surface area contributed by atoms with Crippen LogP contribution in [0.15, 0.2) is 24.3 Å². The fourth-order valence-electron chi connectivity index (χ4n) is 4.32. The number of esters is 1. The van der Waals surface area contributed by atoms with Crippen LogP contribution < -0.4 is 21.7 Å². The molecule has 264 valence electrons. The molecule has 0 radical (unpaired) electrons. The average Bonchev–Trinajstić information content (AvgIpc) is 3.01. The Hall–Kier alpha value is -3.84. The zero-order chi connectivity index (χ0) is 35.4. The van der Waals surface area contributed by atoms with Crippen LogP contribution in [-0.2, 0) is 44.8 Å². The van der Waals surface area contributed by atoms with Gasteiger partial charge in [0.25, 0.3) is 0 Å². The maximum absolute atomic E-state index is 13.4. The lowest BCUT2D eigenvalue weighted by molar-refractivity contribution is -0.148. The summed E-state index contributed by atoms with van der Waals surface area (Å²) in [6.07, 6.45) is 0.965. The fraction of sp³-hybridized carbons (Fsp3) is 0.647. The van der Waals surface area contributed by atoms with Crippen LogP contribution in [0.2, 0.25) is 0 Å². The summed E-state index contributed by atoms with van der Waals surface area (Å²) < 4.78 is 16.1. The molecule has 0 aliphatic heterocycles. The number of nitrogens with two attached hydrogens (primary N) is 1. The van der Waals surface area contributed by atoms with Crippen LogP contribution in [0.1, 0.15) is 79.2 Å². The van der Waals surface area contributed by atoms with Gasteiger partial charge in [0.05, 0.1) is 38.4 Å². The quantitative estimate of drug-likeness (QED) is 0.0947. The van der Waals surface area contributed by atoms with E-state index in [0.717, 1.165) is 5.56 Å². The number of hydrogen-bond acceptors (Lipinski definition) is 9. The van der Waals surface area contributed by atoms with Crippen molar-refractivity contribution in [1.29, 1.82) is 0 Å². The van der Waals surface area contributed by atoms with Crippen molar-refractivity contribution in [2.24, 2.45) is 29.4 Å². The first kappa shape index (κ1) is 41.2. The first-order valence-corrected chi connectivity index (χ1v) is 16.3. The number of benzene rings is 1. The molecule has 0 spiro atoms. The average molecular weight is 663 g/mol. The number of ketones is 2. The third-order valence-electron chi connectivity index (χ3n) is 7.23. The molecule has 0 fully saturated rings. The van der Waals surface area contributed by atoms with E-state index in [1.165, 1.54) is 0 Å². The van der Waals surface area contributed by atoms with Gasteiger partial charge in [-0.1, -0.05) is 53.7 Å². The highest BCUT2D eigenvalue weighted by atomic mass is 16.5. The van der Waals surface area contributed by atoms with E-state index >= 15 is 0 Å². The van der Waals surface area contributed by atoms with Crippen molar-refractivity contribution in [1.82, 2.24) is 10.6 Å². The predicted molar refractivity (Wildman–Crippen MR) is 177 cm³/mol.